The summed E-state index contributed by atoms with van der Waals surface area (Å²) in [5.41, 5.74) is -2.29. The van der Waals surface area contributed by atoms with Crippen molar-refractivity contribution in [2.24, 2.45) is 0 Å². The van der Waals surface area contributed by atoms with E-state index in [4.69, 9.17) is 21.1 Å². The summed E-state index contributed by atoms with van der Waals surface area (Å²) < 4.78 is 56.9. The molecule has 2 saturated heterocycles. The van der Waals surface area contributed by atoms with Crippen molar-refractivity contribution in [1.82, 2.24) is 19.7 Å². The lowest BCUT2D eigenvalue weighted by Gasteiger charge is -2.50. The topological polar surface area (TPSA) is 133 Å². The second-order valence-electron chi connectivity index (χ2n) is 12.1. The van der Waals surface area contributed by atoms with Crippen LogP contribution >= 0.6 is 11.6 Å². The number of amides is 2. The standard InChI is InChI=1S/C33H37ClFN5O7S/c1-4-47-30-22(8-7-13-36-30)33(29-20-38(16-17-39(29)32(42)43)21-11-14-37(2)15-12-21)23-18-25(35)24(34)19-26(23)40(31(33)41)48(44,45)28-10-6-5-9-27(28)46-3/h5-10,13,18-19,21,29H,4,11-12,14-17,20H2,1-3H3,(H,42,43). The number of carboxylic acid groups (broad SMARTS) is 1. The Kier molecular flexibility index (Phi) is 9.28. The smallest absolute Gasteiger partial charge is 0.407 e. The first-order valence-corrected chi connectivity index (χ1v) is 17.5. The third-order valence-corrected chi connectivity index (χ3v) is 11.7. The first kappa shape index (κ1) is 33.9. The molecule has 48 heavy (non-hydrogen) atoms. The van der Waals surface area contributed by atoms with Crippen LogP contribution in [0, 0.1) is 5.82 Å². The molecule has 1 aromatic heterocycles. The highest BCUT2D eigenvalue weighted by molar-refractivity contribution is 7.93. The lowest BCUT2D eigenvalue weighted by Crippen LogP contribution is -2.67. The van der Waals surface area contributed by atoms with E-state index in [-0.39, 0.29) is 59.1 Å². The predicted octanol–water partition coefficient (Wildman–Crippen LogP) is 4.06. The van der Waals surface area contributed by atoms with Gasteiger partial charge in [0.15, 0.2) is 0 Å². The average Bonchev–Trinajstić information content (AvgIpc) is 3.33. The zero-order valence-electron chi connectivity index (χ0n) is 26.8. The molecule has 15 heteroatoms. The van der Waals surface area contributed by atoms with Gasteiger partial charge in [-0.15, -0.1) is 0 Å². The number of pyridine rings is 1. The Bertz CT molecular complexity index is 1840. The quantitative estimate of drug-likeness (QED) is 0.367. The van der Waals surface area contributed by atoms with Gasteiger partial charge >= 0.3 is 6.09 Å². The number of piperidine rings is 1. The van der Waals surface area contributed by atoms with E-state index in [2.05, 4.69) is 14.8 Å². The van der Waals surface area contributed by atoms with Crippen molar-refractivity contribution in [2.45, 2.75) is 42.2 Å². The third-order valence-electron chi connectivity index (χ3n) is 9.63. The number of rotatable bonds is 8. The number of sulfonamides is 1. The molecular weight excluding hydrogens is 665 g/mol. The monoisotopic (exact) mass is 701 g/mol. The zero-order valence-corrected chi connectivity index (χ0v) is 28.4. The van der Waals surface area contributed by atoms with Crippen LogP contribution in [0.5, 0.6) is 11.6 Å². The van der Waals surface area contributed by atoms with Crippen LogP contribution in [0.1, 0.15) is 30.9 Å². The molecule has 2 aromatic carbocycles. The Balaban J connectivity index is 1.66. The van der Waals surface area contributed by atoms with Crippen LogP contribution in [0.15, 0.2) is 59.6 Å². The maximum atomic E-state index is 15.7. The van der Waals surface area contributed by atoms with Crippen molar-refractivity contribution in [3.05, 3.63) is 76.7 Å². The Morgan fingerprint density at radius 2 is 1.83 bits per heavy atom. The minimum Gasteiger partial charge on any atom is -0.495 e. The molecule has 2 atom stereocenters. The van der Waals surface area contributed by atoms with E-state index in [0.717, 1.165) is 43.0 Å². The van der Waals surface area contributed by atoms with Crippen molar-refractivity contribution in [2.75, 3.05) is 57.8 Å². The Morgan fingerprint density at radius 3 is 2.52 bits per heavy atom. The van der Waals surface area contributed by atoms with Gasteiger partial charge in [0, 0.05) is 43.0 Å². The molecule has 3 aromatic rings. The summed E-state index contributed by atoms with van der Waals surface area (Å²) in [5, 5.41) is 10.2. The van der Waals surface area contributed by atoms with Gasteiger partial charge in [0.25, 0.3) is 15.9 Å². The number of carbonyl (C=O) groups excluding carboxylic acids is 1. The molecule has 0 radical (unpaired) electrons. The number of ether oxygens (including phenoxy) is 2. The van der Waals surface area contributed by atoms with Crippen molar-refractivity contribution >= 4 is 39.3 Å². The molecule has 0 spiro atoms. The number of piperazine rings is 1. The van der Waals surface area contributed by atoms with Crippen LogP contribution in [-0.4, -0.2) is 111 Å². The van der Waals surface area contributed by atoms with Crippen LogP contribution in [0.25, 0.3) is 0 Å². The van der Waals surface area contributed by atoms with Crippen LogP contribution in [0.4, 0.5) is 14.9 Å². The summed E-state index contributed by atoms with van der Waals surface area (Å²) in [6.45, 7) is 4.02. The van der Waals surface area contributed by atoms with Gasteiger partial charge in [-0.25, -0.2) is 26.9 Å². The van der Waals surface area contributed by atoms with E-state index >= 15 is 9.18 Å². The molecular formula is C33H37ClFN5O7S. The van der Waals surface area contributed by atoms with Crippen LogP contribution in [0.3, 0.4) is 0 Å². The number of hydrogen-bond acceptors (Lipinski definition) is 9. The number of benzene rings is 2. The van der Waals surface area contributed by atoms with Crippen molar-refractivity contribution in [1.29, 1.82) is 0 Å². The maximum Gasteiger partial charge on any atom is 0.407 e. The lowest BCUT2D eigenvalue weighted by molar-refractivity contribution is -0.124. The summed E-state index contributed by atoms with van der Waals surface area (Å²) in [5.74, 6) is -1.95. The van der Waals surface area contributed by atoms with Crippen molar-refractivity contribution in [3.8, 4) is 11.6 Å². The molecule has 6 rings (SSSR count). The summed E-state index contributed by atoms with van der Waals surface area (Å²) in [7, 11) is -1.42. The minimum absolute atomic E-state index is 0.00653. The number of fused-ring (bicyclic) bond motifs is 1. The van der Waals surface area contributed by atoms with Gasteiger partial charge < -0.3 is 24.4 Å². The van der Waals surface area contributed by atoms with Gasteiger partial charge in [0.05, 0.1) is 30.5 Å². The molecule has 2 amide bonds. The van der Waals surface area contributed by atoms with Crippen LogP contribution < -0.4 is 13.8 Å². The summed E-state index contributed by atoms with van der Waals surface area (Å²) in [6.07, 6.45) is 1.79. The Morgan fingerprint density at radius 1 is 1.10 bits per heavy atom. The van der Waals surface area contributed by atoms with E-state index < -0.39 is 44.3 Å². The van der Waals surface area contributed by atoms with Gasteiger partial charge in [-0.2, -0.15) is 0 Å². The maximum absolute atomic E-state index is 15.7. The zero-order chi connectivity index (χ0) is 34.4. The van der Waals surface area contributed by atoms with Gasteiger partial charge in [-0.3, -0.25) is 9.69 Å². The van der Waals surface area contributed by atoms with E-state index in [1.807, 2.05) is 7.05 Å². The second kappa shape index (κ2) is 13.1. The molecule has 3 aliphatic rings. The first-order chi connectivity index (χ1) is 23.0. The molecule has 0 bridgehead atoms. The van der Waals surface area contributed by atoms with Crippen LogP contribution in [-0.2, 0) is 20.2 Å². The number of carbonyl (C=O) groups is 2. The van der Waals surface area contributed by atoms with Gasteiger partial charge in [-0.1, -0.05) is 29.8 Å². The highest BCUT2D eigenvalue weighted by atomic mass is 35.5. The summed E-state index contributed by atoms with van der Waals surface area (Å²) in [6, 6.07) is 9.92. The molecule has 2 fully saturated rings. The molecule has 1 N–H and O–H groups in total. The number of halogens is 2. The molecule has 4 heterocycles. The Hall–Kier alpha value is -3.98. The summed E-state index contributed by atoms with van der Waals surface area (Å²) in [4.78, 5) is 38.2. The molecule has 0 aliphatic carbocycles. The van der Waals surface area contributed by atoms with Crippen molar-refractivity contribution < 1.29 is 37.0 Å². The van der Waals surface area contributed by atoms with Crippen molar-refractivity contribution in [3.63, 3.8) is 0 Å². The van der Waals surface area contributed by atoms with Gasteiger partial charge in [0.1, 0.15) is 21.9 Å². The lowest BCUT2D eigenvalue weighted by atomic mass is 9.68. The van der Waals surface area contributed by atoms with E-state index in [9.17, 15) is 18.3 Å². The highest BCUT2D eigenvalue weighted by Gasteiger charge is 2.64. The average molecular weight is 702 g/mol. The van der Waals surface area contributed by atoms with E-state index in [1.165, 1.54) is 31.5 Å². The largest absolute Gasteiger partial charge is 0.495 e. The number of aromatic nitrogens is 1. The number of para-hydroxylation sites is 1. The minimum atomic E-state index is -4.76. The molecule has 256 valence electrons. The molecule has 0 saturated carbocycles. The fourth-order valence-electron chi connectivity index (χ4n) is 7.37. The normalized spacial score (nSPS) is 22.5. The van der Waals surface area contributed by atoms with Gasteiger partial charge in [0.2, 0.25) is 5.88 Å². The second-order valence-corrected chi connectivity index (χ2v) is 14.3. The van der Waals surface area contributed by atoms with E-state index in [1.54, 1.807) is 25.1 Å². The SMILES string of the molecule is CCOc1ncccc1C1(C2CN(C3CCN(C)CC3)CCN2C(=O)O)C(=O)N(S(=O)(=O)c2ccccc2OC)c2cc(Cl)c(F)cc21. The fourth-order valence-corrected chi connectivity index (χ4v) is 9.16. The van der Waals surface area contributed by atoms with Crippen LogP contribution in [0.2, 0.25) is 5.02 Å². The number of anilines is 1. The number of nitrogens with zero attached hydrogens (tertiary/aromatic N) is 5. The third kappa shape index (κ3) is 5.44. The van der Waals surface area contributed by atoms with Gasteiger partial charge in [-0.05, 0) is 70.2 Å². The molecule has 12 nitrogen and oxygen atoms in total. The first-order valence-electron chi connectivity index (χ1n) is 15.7. The number of methoxy groups -OCH3 is 1. The highest BCUT2D eigenvalue weighted by Crippen LogP contribution is 2.55. The fraction of sp³-hybridized carbons (Fsp3) is 0.424. The molecule has 2 unspecified atom stereocenters. The summed E-state index contributed by atoms with van der Waals surface area (Å²) >= 11 is 6.30. The number of likely N-dealkylation sites (tertiary alicyclic amines) is 1. The predicted molar refractivity (Wildman–Crippen MR) is 176 cm³/mol. The molecule has 3 aliphatic heterocycles. The van der Waals surface area contributed by atoms with E-state index in [0.29, 0.717) is 10.8 Å². The Labute approximate surface area is 283 Å². The number of hydrogen-bond donors (Lipinski definition) is 1.